The van der Waals surface area contributed by atoms with Gasteiger partial charge in [-0.3, -0.25) is 4.55 Å². The molecule has 0 rings (SSSR count). The van der Waals surface area contributed by atoms with Crippen LogP contribution >= 0.6 is 12.2 Å². The van der Waals surface area contributed by atoms with Crippen LogP contribution in [0.4, 0.5) is 0 Å². The second-order valence-corrected chi connectivity index (χ2v) is 3.88. The molecule has 0 saturated carbocycles. The largest absolute Gasteiger partial charge is 0.471 e. The molecular weight excluding hydrogens is 202 g/mol. The van der Waals surface area contributed by atoms with E-state index in [0.29, 0.717) is 6.61 Å². The van der Waals surface area contributed by atoms with Crippen molar-refractivity contribution in [1.29, 1.82) is 0 Å². The molecule has 72 valence electrons. The average Bonchev–Trinajstić information content (AvgIpc) is 1.84. The van der Waals surface area contributed by atoms with Crippen molar-refractivity contribution in [3.05, 3.63) is 0 Å². The molecule has 0 aliphatic rings. The van der Waals surface area contributed by atoms with E-state index in [2.05, 4.69) is 17.5 Å². The molecule has 0 fully saturated rings. The maximum Gasteiger partial charge on any atom is 0.266 e. The molecule has 0 aliphatic heterocycles. The third-order valence-corrected chi connectivity index (χ3v) is 1.89. The van der Waals surface area contributed by atoms with E-state index < -0.39 is 10.1 Å². The molecule has 12 heavy (non-hydrogen) atoms. The quantitative estimate of drug-likeness (QED) is 0.497. The monoisotopic (exact) mass is 213 g/mol. The van der Waals surface area contributed by atoms with E-state index in [1.165, 1.54) is 0 Å². The number of hydrogen-bond acceptors (Lipinski definition) is 4. The van der Waals surface area contributed by atoms with Gasteiger partial charge in [0.05, 0.1) is 12.4 Å². The highest BCUT2D eigenvalue weighted by Gasteiger charge is 2.03. The molecule has 0 spiro atoms. The van der Waals surface area contributed by atoms with Gasteiger partial charge in [-0.1, -0.05) is 0 Å². The first-order valence-electron chi connectivity index (χ1n) is 3.31. The second-order valence-electron chi connectivity index (χ2n) is 1.93. The van der Waals surface area contributed by atoms with E-state index in [1.54, 1.807) is 6.92 Å². The summed E-state index contributed by atoms with van der Waals surface area (Å²) in [6.45, 7) is 2.24. The molecule has 0 amide bonds. The predicted molar refractivity (Wildman–Crippen MR) is 48.6 cm³/mol. The van der Waals surface area contributed by atoms with Gasteiger partial charge in [0, 0.05) is 6.54 Å². The molecule has 0 heterocycles. The lowest BCUT2D eigenvalue weighted by molar-refractivity contribution is 0.321. The maximum atomic E-state index is 10.2. The molecule has 0 radical (unpaired) electrons. The number of hydrogen-bond donors (Lipinski definition) is 2. The summed E-state index contributed by atoms with van der Waals surface area (Å²) in [6, 6.07) is 0. The summed E-state index contributed by atoms with van der Waals surface area (Å²) >= 11 is 4.63. The fourth-order valence-corrected chi connectivity index (χ4v) is 1.04. The van der Waals surface area contributed by atoms with Gasteiger partial charge in [-0.15, -0.1) is 0 Å². The highest BCUT2D eigenvalue weighted by atomic mass is 32.2. The van der Waals surface area contributed by atoms with E-state index in [4.69, 9.17) is 9.29 Å². The molecule has 0 aromatic carbocycles. The van der Waals surface area contributed by atoms with E-state index in [0.717, 1.165) is 0 Å². The third-order valence-electron chi connectivity index (χ3n) is 0.905. The molecule has 2 N–H and O–H groups in total. The van der Waals surface area contributed by atoms with E-state index in [-0.39, 0.29) is 17.5 Å². The van der Waals surface area contributed by atoms with Crippen molar-refractivity contribution in [3.63, 3.8) is 0 Å². The lowest BCUT2D eigenvalue weighted by Gasteiger charge is -2.05. The number of rotatable bonds is 4. The van der Waals surface area contributed by atoms with Gasteiger partial charge in [-0.05, 0) is 19.1 Å². The van der Waals surface area contributed by atoms with Crippen LogP contribution in [0.2, 0.25) is 0 Å². The Morgan fingerprint density at radius 1 is 1.67 bits per heavy atom. The van der Waals surface area contributed by atoms with Gasteiger partial charge in [0.25, 0.3) is 15.3 Å². The highest BCUT2D eigenvalue weighted by molar-refractivity contribution is 7.85. The van der Waals surface area contributed by atoms with Gasteiger partial charge in [-0.25, -0.2) is 0 Å². The Balaban J connectivity index is 3.51. The van der Waals surface area contributed by atoms with Crippen LogP contribution in [0.3, 0.4) is 0 Å². The van der Waals surface area contributed by atoms with E-state index in [9.17, 15) is 8.42 Å². The van der Waals surface area contributed by atoms with Gasteiger partial charge < -0.3 is 10.1 Å². The predicted octanol–water partition coefficient (Wildman–Crippen LogP) is -0.215. The summed E-state index contributed by atoms with van der Waals surface area (Å²) in [5.74, 6) is -0.375. The van der Waals surface area contributed by atoms with Gasteiger partial charge in [-0.2, -0.15) is 8.42 Å². The minimum atomic E-state index is -3.91. The molecule has 0 atom stereocenters. The van der Waals surface area contributed by atoms with Crippen LogP contribution in [0.1, 0.15) is 6.92 Å². The first-order chi connectivity index (χ1) is 5.45. The van der Waals surface area contributed by atoms with Crippen molar-refractivity contribution in [2.75, 3.05) is 18.9 Å². The van der Waals surface area contributed by atoms with Crippen molar-refractivity contribution in [1.82, 2.24) is 5.32 Å². The van der Waals surface area contributed by atoms with Gasteiger partial charge in [0.2, 0.25) is 0 Å². The zero-order valence-corrected chi connectivity index (χ0v) is 8.24. The maximum absolute atomic E-state index is 10.2. The first-order valence-corrected chi connectivity index (χ1v) is 5.33. The average molecular weight is 213 g/mol. The first kappa shape index (κ1) is 11.6. The summed E-state index contributed by atoms with van der Waals surface area (Å²) in [5, 5.41) is 2.65. The lowest BCUT2D eigenvalue weighted by atomic mass is 10.7. The third kappa shape index (κ3) is 7.70. The molecule has 0 bridgehead atoms. The highest BCUT2D eigenvalue weighted by Crippen LogP contribution is 1.81. The Bertz CT molecular complexity index is 236. The summed E-state index contributed by atoms with van der Waals surface area (Å²) in [5.41, 5.74) is 0. The van der Waals surface area contributed by atoms with Crippen LogP contribution in [-0.4, -0.2) is 37.0 Å². The Labute approximate surface area is 76.8 Å². The van der Waals surface area contributed by atoms with Crippen molar-refractivity contribution in [2.45, 2.75) is 6.92 Å². The van der Waals surface area contributed by atoms with E-state index >= 15 is 0 Å². The van der Waals surface area contributed by atoms with Crippen LogP contribution in [0.15, 0.2) is 0 Å². The zero-order valence-electron chi connectivity index (χ0n) is 6.61. The molecular formula is C5H11NO4S2. The SMILES string of the molecule is CCOC(=S)NCCS(=O)(=O)O. The molecule has 5 nitrogen and oxygen atoms in total. The minimum Gasteiger partial charge on any atom is -0.471 e. The van der Waals surface area contributed by atoms with Crippen LogP contribution in [0.5, 0.6) is 0 Å². The van der Waals surface area contributed by atoms with Crippen LogP contribution in [-0.2, 0) is 14.9 Å². The molecule has 7 heteroatoms. The Hall–Kier alpha value is -0.400. The molecule has 0 aliphatic carbocycles. The van der Waals surface area contributed by atoms with Gasteiger partial charge >= 0.3 is 0 Å². The molecule has 0 saturated heterocycles. The molecule has 0 unspecified atom stereocenters. The summed E-state index contributed by atoms with van der Waals surface area (Å²) in [7, 11) is -3.91. The minimum absolute atomic E-state index is 0.0532. The van der Waals surface area contributed by atoms with Crippen molar-refractivity contribution in [3.8, 4) is 0 Å². The summed E-state index contributed by atoms with van der Waals surface area (Å²) < 4.78 is 33.5. The van der Waals surface area contributed by atoms with Crippen LogP contribution < -0.4 is 5.32 Å². The number of nitrogens with one attached hydrogen (secondary N) is 1. The topological polar surface area (TPSA) is 75.6 Å². The second kappa shape index (κ2) is 5.28. The smallest absolute Gasteiger partial charge is 0.266 e. The Kier molecular flexibility index (Phi) is 5.11. The number of ether oxygens (including phenoxy) is 1. The lowest BCUT2D eigenvalue weighted by Crippen LogP contribution is -2.29. The fraction of sp³-hybridized carbons (Fsp3) is 0.800. The summed E-state index contributed by atoms with van der Waals surface area (Å²) in [6.07, 6.45) is 0. The Morgan fingerprint density at radius 3 is 2.67 bits per heavy atom. The van der Waals surface area contributed by atoms with Crippen molar-refractivity contribution < 1.29 is 17.7 Å². The summed E-state index contributed by atoms with van der Waals surface area (Å²) in [4.78, 5) is 0. The van der Waals surface area contributed by atoms with E-state index in [1.807, 2.05) is 0 Å². The molecule has 0 aromatic heterocycles. The standard InChI is InChI=1S/C5H11NO4S2/c1-2-10-5(11)6-3-4-12(7,8)9/h2-4H2,1H3,(H,6,11)(H,7,8,9). The van der Waals surface area contributed by atoms with Gasteiger partial charge in [0.15, 0.2) is 0 Å². The Morgan fingerprint density at radius 2 is 2.25 bits per heavy atom. The molecule has 0 aromatic rings. The number of thiocarbonyl (C=S) groups is 1. The normalized spacial score (nSPS) is 10.8. The van der Waals surface area contributed by atoms with Crippen LogP contribution in [0, 0.1) is 0 Å². The van der Waals surface area contributed by atoms with Crippen LogP contribution in [0.25, 0.3) is 0 Å². The van der Waals surface area contributed by atoms with Crippen molar-refractivity contribution in [2.24, 2.45) is 0 Å². The van der Waals surface area contributed by atoms with Crippen molar-refractivity contribution >= 4 is 27.5 Å². The zero-order chi connectivity index (χ0) is 9.61. The fourth-order valence-electron chi connectivity index (χ4n) is 0.464. The van der Waals surface area contributed by atoms with Gasteiger partial charge in [0.1, 0.15) is 0 Å².